The van der Waals surface area contributed by atoms with Gasteiger partial charge in [-0.1, -0.05) is 18.2 Å². The molecule has 0 bridgehead atoms. The van der Waals surface area contributed by atoms with E-state index in [-0.39, 0.29) is 28.9 Å². The predicted octanol–water partition coefficient (Wildman–Crippen LogP) is 1.52. The first-order valence-corrected chi connectivity index (χ1v) is 9.40. The van der Waals surface area contributed by atoms with E-state index in [2.05, 4.69) is 25.3 Å². The van der Waals surface area contributed by atoms with Gasteiger partial charge in [0.2, 0.25) is 10.0 Å². The number of aliphatic imine (C=N–C) groups is 1. The first kappa shape index (κ1) is 22.3. The third kappa shape index (κ3) is 6.89. The van der Waals surface area contributed by atoms with Crippen LogP contribution in [0.5, 0.6) is 0 Å². The number of guanidine groups is 1. The lowest BCUT2D eigenvalue weighted by Crippen LogP contribution is -2.38. The molecule has 9 heteroatoms. The second kappa shape index (κ2) is 11.1. The minimum atomic E-state index is -3.44. The summed E-state index contributed by atoms with van der Waals surface area (Å²) in [6.45, 7) is 1.17. The van der Waals surface area contributed by atoms with E-state index in [0.717, 1.165) is 17.7 Å². The van der Waals surface area contributed by atoms with E-state index in [9.17, 15) is 8.42 Å². The summed E-state index contributed by atoms with van der Waals surface area (Å²) in [6, 6.07) is 12.6. The number of nitrogens with one attached hydrogen (secondary N) is 3. The number of halogens is 1. The van der Waals surface area contributed by atoms with Crippen molar-refractivity contribution in [2.75, 3.05) is 20.6 Å². The third-order valence-electron chi connectivity index (χ3n) is 3.56. The molecule has 142 valence electrons. The molecule has 0 aliphatic rings. The van der Waals surface area contributed by atoms with Crippen molar-refractivity contribution in [1.29, 1.82) is 0 Å². The second-order valence-electron chi connectivity index (χ2n) is 5.28. The predicted molar refractivity (Wildman–Crippen MR) is 114 cm³/mol. The molecule has 0 atom stereocenters. The van der Waals surface area contributed by atoms with Crippen LogP contribution in [0.15, 0.2) is 58.5 Å². The number of hydrogen-bond acceptors (Lipinski definition) is 4. The van der Waals surface area contributed by atoms with Crippen molar-refractivity contribution >= 4 is 40.0 Å². The standard InChI is InChI=1S/C17H23N5O2S.HI/c1-18-17(21-11-9-15-7-3-4-10-20-15)22-13-14-6-5-8-16(12-14)25(23,24)19-2;/h3-8,10,12,19H,9,11,13H2,1-2H3,(H2,18,21,22);1H. The van der Waals surface area contributed by atoms with Crippen molar-refractivity contribution in [1.82, 2.24) is 20.3 Å². The Kier molecular flexibility index (Phi) is 9.52. The zero-order chi connectivity index (χ0) is 18.1. The Bertz CT molecular complexity index is 813. The molecule has 3 N–H and O–H groups in total. The lowest BCUT2D eigenvalue weighted by atomic mass is 10.2. The van der Waals surface area contributed by atoms with Crippen molar-refractivity contribution < 1.29 is 8.42 Å². The molecule has 2 rings (SSSR count). The van der Waals surface area contributed by atoms with Crippen LogP contribution in [-0.2, 0) is 23.0 Å². The molecule has 0 aliphatic heterocycles. The Balaban J connectivity index is 0.00000338. The molecule has 0 amide bonds. The van der Waals surface area contributed by atoms with Crippen LogP contribution in [0, 0.1) is 0 Å². The maximum atomic E-state index is 11.9. The maximum Gasteiger partial charge on any atom is 0.240 e. The highest BCUT2D eigenvalue weighted by Crippen LogP contribution is 2.10. The summed E-state index contributed by atoms with van der Waals surface area (Å²) in [4.78, 5) is 8.68. The highest BCUT2D eigenvalue weighted by Gasteiger charge is 2.11. The van der Waals surface area contributed by atoms with E-state index in [1.54, 1.807) is 31.4 Å². The number of pyridine rings is 1. The summed E-state index contributed by atoms with van der Waals surface area (Å²) in [7, 11) is -0.351. The monoisotopic (exact) mass is 489 g/mol. The number of benzene rings is 1. The Morgan fingerprint density at radius 1 is 1.15 bits per heavy atom. The van der Waals surface area contributed by atoms with Gasteiger partial charge in [0.15, 0.2) is 5.96 Å². The first-order valence-electron chi connectivity index (χ1n) is 7.92. The lowest BCUT2D eigenvalue weighted by Gasteiger charge is -2.12. The molecule has 1 aromatic heterocycles. The van der Waals surface area contributed by atoms with Crippen LogP contribution in [0.1, 0.15) is 11.3 Å². The average molecular weight is 489 g/mol. The van der Waals surface area contributed by atoms with Gasteiger partial charge in [0.1, 0.15) is 0 Å². The van der Waals surface area contributed by atoms with E-state index in [0.29, 0.717) is 19.0 Å². The molecule has 0 fully saturated rings. The summed E-state index contributed by atoms with van der Waals surface area (Å²) in [5.41, 5.74) is 1.86. The summed E-state index contributed by atoms with van der Waals surface area (Å²) >= 11 is 0. The SMILES string of the molecule is CN=C(NCCc1ccccn1)NCc1cccc(S(=O)(=O)NC)c1.I. The first-order chi connectivity index (χ1) is 12.0. The van der Waals surface area contributed by atoms with Crippen LogP contribution in [0.4, 0.5) is 0 Å². The number of hydrogen-bond donors (Lipinski definition) is 3. The van der Waals surface area contributed by atoms with Gasteiger partial charge >= 0.3 is 0 Å². The van der Waals surface area contributed by atoms with Gasteiger partial charge in [0, 0.05) is 38.4 Å². The number of nitrogens with zero attached hydrogens (tertiary/aromatic N) is 2. The van der Waals surface area contributed by atoms with Crippen LogP contribution < -0.4 is 15.4 Å². The van der Waals surface area contributed by atoms with Gasteiger partial charge in [-0.15, -0.1) is 24.0 Å². The molecule has 0 unspecified atom stereocenters. The largest absolute Gasteiger partial charge is 0.356 e. The molecule has 0 saturated heterocycles. The highest BCUT2D eigenvalue weighted by atomic mass is 127. The van der Waals surface area contributed by atoms with Gasteiger partial charge in [0.25, 0.3) is 0 Å². The van der Waals surface area contributed by atoms with Crippen LogP contribution >= 0.6 is 24.0 Å². The molecule has 0 saturated carbocycles. The molecular weight excluding hydrogens is 465 g/mol. The van der Waals surface area contributed by atoms with Gasteiger partial charge in [-0.2, -0.15) is 0 Å². The van der Waals surface area contributed by atoms with E-state index < -0.39 is 10.0 Å². The smallest absolute Gasteiger partial charge is 0.240 e. The van der Waals surface area contributed by atoms with Crippen LogP contribution in [0.2, 0.25) is 0 Å². The van der Waals surface area contributed by atoms with Crippen molar-refractivity contribution in [3.8, 4) is 0 Å². The fourth-order valence-corrected chi connectivity index (χ4v) is 3.00. The molecule has 2 aromatic rings. The van der Waals surface area contributed by atoms with E-state index in [1.165, 1.54) is 7.05 Å². The molecule has 0 aliphatic carbocycles. The Hall–Kier alpha value is -1.72. The molecule has 1 aromatic carbocycles. The quantitative estimate of drug-likeness (QED) is 0.312. The summed E-state index contributed by atoms with van der Waals surface area (Å²) < 4.78 is 26.0. The summed E-state index contributed by atoms with van der Waals surface area (Å²) in [5.74, 6) is 0.651. The van der Waals surface area contributed by atoms with Gasteiger partial charge in [-0.3, -0.25) is 9.98 Å². The molecule has 1 heterocycles. The topological polar surface area (TPSA) is 95.5 Å². The maximum absolute atomic E-state index is 11.9. The Morgan fingerprint density at radius 3 is 2.62 bits per heavy atom. The molecule has 0 spiro atoms. The number of aromatic nitrogens is 1. The zero-order valence-electron chi connectivity index (χ0n) is 14.8. The van der Waals surface area contributed by atoms with Crippen LogP contribution in [0.25, 0.3) is 0 Å². The van der Waals surface area contributed by atoms with Crippen LogP contribution in [-0.4, -0.2) is 40.0 Å². The zero-order valence-corrected chi connectivity index (χ0v) is 17.9. The van der Waals surface area contributed by atoms with Crippen molar-refractivity contribution in [3.05, 3.63) is 59.9 Å². The van der Waals surface area contributed by atoms with Crippen molar-refractivity contribution in [2.24, 2.45) is 4.99 Å². The number of rotatable bonds is 7. The lowest BCUT2D eigenvalue weighted by molar-refractivity contribution is 0.588. The fraction of sp³-hybridized carbons (Fsp3) is 0.294. The average Bonchev–Trinajstić information content (AvgIpc) is 2.65. The van der Waals surface area contributed by atoms with E-state index in [4.69, 9.17) is 0 Å². The Morgan fingerprint density at radius 2 is 1.96 bits per heavy atom. The van der Waals surface area contributed by atoms with Gasteiger partial charge in [-0.05, 0) is 36.9 Å². The van der Waals surface area contributed by atoms with E-state index >= 15 is 0 Å². The van der Waals surface area contributed by atoms with Crippen LogP contribution in [0.3, 0.4) is 0 Å². The minimum Gasteiger partial charge on any atom is -0.356 e. The van der Waals surface area contributed by atoms with E-state index in [1.807, 2.05) is 24.3 Å². The van der Waals surface area contributed by atoms with Crippen molar-refractivity contribution in [3.63, 3.8) is 0 Å². The van der Waals surface area contributed by atoms with Gasteiger partial charge in [0.05, 0.1) is 4.90 Å². The molecule has 26 heavy (non-hydrogen) atoms. The highest BCUT2D eigenvalue weighted by molar-refractivity contribution is 14.0. The van der Waals surface area contributed by atoms with Gasteiger partial charge in [-0.25, -0.2) is 13.1 Å². The molecular formula is C17H24IN5O2S. The van der Waals surface area contributed by atoms with Gasteiger partial charge < -0.3 is 10.6 Å². The number of sulfonamides is 1. The fourth-order valence-electron chi connectivity index (χ4n) is 2.20. The normalized spacial score (nSPS) is 11.5. The summed E-state index contributed by atoms with van der Waals surface area (Å²) in [6.07, 6.45) is 2.56. The Labute approximate surface area is 171 Å². The van der Waals surface area contributed by atoms with Crippen molar-refractivity contribution in [2.45, 2.75) is 17.9 Å². The third-order valence-corrected chi connectivity index (χ3v) is 4.97. The second-order valence-corrected chi connectivity index (χ2v) is 7.17. The molecule has 7 nitrogen and oxygen atoms in total. The minimum absolute atomic E-state index is 0. The summed E-state index contributed by atoms with van der Waals surface area (Å²) in [5, 5.41) is 6.38. The molecule has 0 radical (unpaired) electrons.